The summed E-state index contributed by atoms with van der Waals surface area (Å²) in [5, 5.41) is 10.5. The van der Waals surface area contributed by atoms with Gasteiger partial charge in [-0.1, -0.05) is 13.8 Å². The summed E-state index contributed by atoms with van der Waals surface area (Å²) in [6, 6.07) is 0. The summed E-state index contributed by atoms with van der Waals surface area (Å²) in [5.74, 6) is 0.375. The second-order valence-electron chi connectivity index (χ2n) is 5.29. The van der Waals surface area contributed by atoms with Crippen molar-refractivity contribution < 1.29 is 9.84 Å². The molecule has 0 aliphatic carbocycles. The molecule has 2 aliphatic heterocycles. The molecule has 14 heavy (non-hydrogen) atoms. The van der Waals surface area contributed by atoms with Crippen LogP contribution in [0.15, 0.2) is 0 Å². The summed E-state index contributed by atoms with van der Waals surface area (Å²) >= 11 is 0. The molecule has 2 heteroatoms. The Morgan fingerprint density at radius 2 is 1.57 bits per heavy atom. The van der Waals surface area contributed by atoms with Crippen molar-refractivity contribution in [3.63, 3.8) is 0 Å². The second-order valence-corrected chi connectivity index (χ2v) is 5.29. The number of fused-ring (bicyclic) bond motifs is 2. The van der Waals surface area contributed by atoms with E-state index in [0.717, 1.165) is 25.7 Å². The number of hydrogen-bond donors (Lipinski definition) is 1. The van der Waals surface area contributed by atoms with Crippen molar-refractivity contribution in [2.45, 2.75) is 70.2 Å². The van der Waals surface area contributed by atoms with Gasteiger partial charge in [0, 0.05) is 0 Å². The smallest absolute Gasteiger partial charge is 0.0672 e. The van der Waals surface area contributed by atoms with Gasteiger partial charge in [-0.15, -0.1) is 0 Å². The molecule has 0 radical (unpaired) electrons. The van der Waals surface area contributed by atoms with Gasteiger partial charge in [0.2, 0.25) is 0 Å². The largest absolute Gasteiger partial charge is 0.390 e. The Bertz CT molecular complexity index is 186. The molecule has 3 atom stereocenters. The van der Waals surface area contributed by atoms with Crippen LogP contribution in [-0.4, -0.2) is 22.9 Å². The standard InChI is InChI=1S/C12H22O2/c1-9(2)12(13)7-5-10-3-4-11(14-10)6-8-12/h9-11,13H,3-8H2,1-2H3/t10-,11+,12?. The molecule has 1 N–H and O–H groups in total. The van der Waals surface area contributed by atoms with Gasteiger partial charge in [-0.2, -0.15) is 0 Å². The highest BCUT2D eigenvalue weighted by molar-refractivity contribution is 4.88. The molecule has 0 aromatic heterocycles. The highest BCUT2D eigenvalue weighted by Gasteiger charge is 2.37. The van der Waals surface area contributed by atoms with Gasteiger partial charge in [0.15, 0.2) is 0 Å². The van der Waals surface area contributed by atoms with Crippen LogP contribution in [0.4, 0.5) is 0 Å². The molecule has 0 aromatic rings. The third-order valence-corrected chi connectivity index (χ3v) is 4.07. The second kappa shape index (κ2) is 3.82. The van der Waals surface area contributed by atoms with E-state index in [4.69, 9.17) is 4.74 Å². The first-order chi connectivity index (χ1) is 6.60. The SMILES string of the molecule is CC(C)C1(O)CC[C@H]2CC[C@@H](CC1)O2. The minimum Gasteiger partial charge on any atom is -0.390 e. The lowest BCUT2D eigenvalue weighted by Gasteiger charge is -2.35. The van der Waals surface area contributed by atoms with E-state index in [0.29, 0.717) is 18.1 Å². The summed E-state index contributed by atoms with van der Waals surface area (Å²) in [4.78, 5) is 0. The Hall–Kier alpha value is -0.0800. The molecule has 0 amide bonds. The molecule has 0 aromatic carbocycles. The molecule has 2 fully saturated rings. The molecule has 2 heterocycles. The number of aliphatic hydroxyl groups is 1. The maximum Gasteiger partial charge on any atom is 0.0672 e. The first-order valence-corrected chi connectivity index (χ1v) is 5.98. The minimum absolute atomic E-state index is 0.375. The molecule has 2 saturated heterocycles. The first-order valence-electron chi connectivity index (χ1n) is 5.98. The monoisotopic (exact) mass is 198 g/mol. The van der Waals surface area contributed by atoms with Crippen LogP contribution < -0.4 is 0 Å². The van der Waals surface area contributed by atoms with Gasteiger partial charge < -0.3 is 9.84 Å². The van der Waals surface area contributed by atoms with Crippen LogP contribution in [0, 0.1) is 5.92 Å². The molecule has 0 saturated carbocycles. The molecular weight excluding hydrogens is 176 g/mol. The van der Waals surface area contributed by atoms with Crippen LogP contribution in [0.2, 0.25) is 0 Å². The maximum atomic E-state index is 10.5. The van der Waals surface area contributed by atoms with Crippen LogP contribution in [-0.2, 0) is 4.74 Å². The highest BCUT2D eigenvalue weighted by atomic mass is 16.5. The summed E-state index contributed by atoms with van der Waals surface area (Å²) in [5.41, 5.74) is -0.426. The summed E-state index contributed by atoms with van der Waals surface area (Å²) < 4.78 is 5.86. The zero-order valence-corrected chi connectivity index (χ0v) is 9.33. The van der Waals surface area contributed by atoms with Crippen molar-refractivity contribution in [3.8, 4) is 0 Å². The summed E-state index contributed by atoms with van der Waals surface area (Å²) in [6.07, 6.45) is 7.22. The molecule has 0 spiro atoms. The lowest BCUT2D eigenvalue weighted by Crippen LogP contribution is -2.38. The molecule has 2 rings (SSSR count). The average Bonchev–Trinajstić information content (AvgIpc) is 2.58. The lowest BCUT2D eigenvalue weighted by molar-refractivity contribution is -0.0697. The van der Waals surface area contributed by atoms with Gasteiger partial charge in [0.05, 0.1) is 17.8 Å². The fourth-order valence-corrected chi connectivity index (χ4v) is 2.73. The van der Waals surface area contributed by atoms with E-state index in [-0.39, 0.29) is 0 Å². The zero-order chi connectivity index (χ0) is 10.2. The number of ether oxygens (including phenoxy) is 1. The number of hydrogen-bond acceptors (Lipinski definition) is 2. The number of rotatable bonds is 1. The van der Waals surface area contributed by atoms with E-state index >= 15 is 0 Å². The third kappa shape index (κ3) is 1.96. The van der Waals surface area contributed by atoms with Gasteiger partial charge >= 0.3 is 0 Å². The third-order valence-electron chi connectivity index (χ3n) is 4.07. The van der Waals surface area contributed by atoms with Crippen LogP contribution in [0.25, 0.3) is 0 Å². The quantitative estimate of drug-likeness (QED) is 0.701. The van der Waals surface area contributed by atoms with E-state index in [1.54, 1.807) is 0 Å². The molecule has 2 nitrogen and oxygen atoms in total. The lowest BCUT2D eigenvalue weighted by atomic mass is 9.81. The molecule has 2 aliphatic rings. The van der Waals surface area contributed by atoms with Gasteiger partial charge in [0.1, 0.15) is 0 Å². The Labute approximate surface area is 86.6 Å². The van der Waals surface area contributed by atoms with Crippen LogP contribution in [0.5, 0.6) is 0 Å². The highest BCUT2D eigenvalue weighted by Crippen LogP contribution is 2.37. The Morgan fingerprint density at radius 1 is 1.07 bits per heavy atom. The van der Waals surface area contributed by atoms with Crippen molar-refractivity contribution in [1.29, 1.82) is 0 Å². The van der Waals surface area contributed by atoms with Gasteiger partial charge in [-0.05, 0) is 44.4 Å². The van der Waals surface area contributed by atoms with Crippen molar-refractivity contribution in [1.82, 2.24) is 0 Å². The predicted octanol–water partition coefficient (Wildman–Crippen LogP) is 2.50. The van der Waals surface area contributed by atoms with Crippen molar-refractivity contribution in [2.75, 3.05) is 0 Å². The van der Waals surface area contributed by atoms with E-state index < -0.39 is 5.60 Å². The predicted molar refractivity (Wildman–Crippen MR) is 56.2 cm³/mol. The van der Waals surface area contributed by atoms with Crippen LogP contribution >= 0.6 is 0 Å². The molecule has 1 unspecified atom stereocenters. The fourth-order valence-electron chi connectivity index (χ4n) is 2.73. The minimum atomic E-state index is -0.426. The first kappa shape index (κ1) is 10.4. The van der Waals surface area contributed by atoms with Crippen molar-refractivity contribution >= 4 is 0 Å². The molecular formula is C12H22O2. The van der Waals surface area contributed by atoms with Crippen molar-refractivity contribution in [3.05, 3.63) is 0 Å². The van der Waals surface area contributed by atoms with Gasteiger partial charge in [-0.3, -0.25) is 0 Å². The van der Waals surface area contributed by atoms with E-state index in [2.05, 4.69) is 13.8 Å². The Balaban J connectivity index is 2.02. The van der Waals surface area contributed by atoms with E-state index in [1.807, 2.05) is 0 Å². The normalized spacial score (nSPS) is 43.7. The summed E-state index contributed by atoms with van der Waals surface area (Å²) in [7, 11) is 0. The van der Waals surface area contributed by atoms with Crippen molar-refractivity contribution in [2.24, 2.45) is 5.92 Å². The molecule has 82 valence electrons. The topological polar surface area (TPSA) is 29.5 Å². The average molecular weight is 198 g/mol. The fraction of sp³-hybridized carbons (Fsp3) is 1.00. The van der Waals surface area contributed by atoms with E-state index in [1.165, 1.54) is 12.8 Å². The van der Waals surface area contributed by atoms with Crippen LogP contribution in [0.3, 0.4) is 0 Å². The Kier molecular flexibility index (Phi) is 2.85. The van der Waals surface area contributed by atoms with Crippen LogP contribution in [0.1, 0.15) is 52.4 Å². The zero-order valence-electron chi connectivity index (χ0n) is 9.33. The van der Waals surface area contributed by atoms with E-state index in [9.17, 15) is 5.11 Å². The maximum absolute atomic E-state index is 10.5. The Morgan fingerprint density at radius 3 is 2.00 bits per heavy atom. The molecule has 2 bridgehead atoms. The van der Waals surface area contributed by atoms with Gasteiger partial charge in [-0.25, -0.2) is 0 Å². The van der Waals surface area contributed by atoms with Gasteiger partial charge in [0.25, 0.3) is 0 Å². The summed E-state index contributed by atoms with van der Waals surface area (Å²) in [6.45, 7) is 4.26.